The molecule has 4 nitrogen and oxygen atoms in total. The van der Waals surface area contributed by atoms with Gasteiger partial charge < -0.3 is 5.11 Å². The van der Waals surface area contributed by atoms with Crippen molar-refractivity contribution in [3.05, 3.63) is 29.3 Å². The summed E-state index contributed by atoms with van der Waals surface area (Å²) in [7, 11) is -3.64. The minimum absolute atomic E-state index is 0.0963. The number of aryl methyl sites for hydroxylation is 1. The van der Waals surface area contributed by atoms with Crippen LogP contribution in [-0.2, 0) is 16.4 Å². The molecule has 1 aromatic carbocycles. The van der Waals surface area contributed by atoms with Gasteiger partial charge in [0.05, 0.1) is 4.90 Å². The summed E-state index contributed by atoms with van der Waals surface area (Å²) in [4.78, 5) is 0.165. The first kappa shape index (κ1) is 12.2. The molecule has 84 valence electrons. The van der Waals surface area contributed by atoms with Crippen LogP contribution in [0.2, 0.25) is 0 Å². The third-order valence-electron chi connectivity index (χ3n) is 2.31. The van der Waals surface area contributed by atoms with Crippen LogP contribution in [0.1, 0.15) is 17.5 Å². The summed E-state index contributed by atoms with van der Waals surface area (Å²) in [6.45, 7) is 1.82. The molecule has 0 aliphatic rings. The molecule has 0 unspecified atom stereocenters. The third kappa shape index (κ3) is 3.02. The van der Waals surface area contributed by atoms with E-state index >= 15 is 0 Å². The molecule has 0 atom stereocenters. The molecule has 0 saturated carbocycles. The lowest BCUT2D eigenvalue weighted by molar-refractivity contribution is 0.288. The van der Waals surface area contributed by atoms with E-state index in [9.17, 15) is 8.42 Å². The van der Waals surface area contributed by atoms with Crippen LogP contribution in [0.3, 0.4) is 0 Å². The lowest BCUT2D eigenvalue weighted by atomic mass is 10.0. The Bertz CT molecular complexity index is 440. The van der Waals surface area contributed by atoms with Gasteiger partial charge in [0.1, 0.15) is 0 Å². The fourth-order valence-electron chi connectivity index (χ4n) is 1.51. The molecule has 0 heterocycles. The number of nitrogens with two attached hydrogens (primary N) is 1. The average molecular weight is 229 g/mol. The molecule has 1 rings (SSSR count). The standard InChI is InChI=1S/C10H15NO3S/c1-8-9(5-3-7-12)4-2-6-10(8)15(11,13)14/h2,4,6,12H,3,5,7H2,1H3,(H2,11,13,14). The minimum Gasteiger partial charge on any atom is -0.396 e. The Morgan fingerprint density at radius 1 is 1.40 bits per heavy atom. The van der Waals surface area contributed by atoms with Gasteiger partial charge in [-0.25, -0.2) is 13.6 Å². The molecule has 3 N–H and O–H groups in total. The van der Waals surface area contributed by atoms with Crippen LogP contribution >= 0.6 is 0 Å². The van der Waals surface area contributed by atoms with Crippen LogP contribution in [0, 0.1) is 6.92 Å². The van der Waals surface area contributed by atoms with Crippen LogP contribution in [-0.4, -0.2) is 20.1 Å². The highest BCUT2D eigenvalue weighted by molar-refractivity contribution is 7.89. The summed E-state index contributed by atoms with van der Waals surface area (Å²) in [5.41, 5.74) is 1.59. The Morgan fingerprint density at radius 3 is 2.60 bits per heavy atom. The largest absolute Gasteiger partial charge is 0.396 e. The lowest BCUT2D eigenvalue weighted by Gasteiger charge is -2.08. The van der Waals surface area contributed by atoms with Crippen molar-refractivity contribution in [1.82, 2.24) is 0 Å². The van der Waals surface area contributed by atoms with E-state index in [-0.39, 0.29) is 11.5 Å². The minimum atomic E-state index is -3.64. The molecule has 5 heteroatoms. The van der Waals surface area contributed by atoms with Crippen molar-refractivity contribution in [3.8, 4) is 0 Å². The van der Waals surface area contributed by atoms with Crippen molar-refractivity contribution in [2.24, 2.45) is 5.14 Å². The topological polar surface area (TPSA) is 80.4 Å². The molecule has 0 aliphatic heterocycles. The van der Waals surface area contributed by atoms with E-state index in [4.69, 9.17) is 10.2 Å². The number of hydrogen-bond donors (Lipinski definition) is 2. The first-order valence-electron chi connectivity index (χ1n) is 4.69. The number of rotatable bonds is 4. The van der Waals surface area contributed by atoms with Gasteiger partial charge in [-0.05, 0) is 37.0 Å². The van der Waals surface area contributed by atoms with E-state index in [1.807, 2.05) is 6.07 Å². The highest BCUT2D eigenvalue weighted by atomic mass is 32.2. The van der Waals surface area contributed by atoms with Crippen LogP contribution < -0.4 is 5.14 Å². The van der Waals surface area contributed by atoms with Gasteiger partial charge in [-0.1, -0.05) is 12.1 Å². The van der Waals surface area contributed by atoms with Crippen LogP contribution in [0.5, 0.6) is 0 Å². The number of benzene rings is 1. The zero-order chi connectivity index (χ0) is 11.5. The molecule has 0 amide bonds. The molecule has 1 aromatic rings. The maximum atomic E-state index is 11.2. The summed E-state index contributed by atoms with van der Waals surface area (Å²) in [6.07, 6.45) is 1.28. The number of sulfonamides is 1. The van der Waals surface area contributed by atoms with Gasteiger partial charge in [-0.2, -0.15) is 0 Å². The maximum Gasteiger partial charge on any atom is 0.238 e. The fraction of sp³-hybridized carbons (Fsp3) is 0.400. The van der Waals surface area contributed by atoms with Gasteiger partial charge >= 0.3 is 0 Å². The van der Waals surface area contributed by atoms with Gasteiger partial charge in [0.15, 0.2) is 0 Å². The van der Waals surface area contributed by atoms with Gasteiger partial charge in [-0.15, -0.1) is 0 Å². The van der Waals surface area contributed by atoms with Crippen molar-refractivity contribution in [1.29, 1.82) is 0 Å². The summed E-state index contributed by atoms with van der Waals surface area (Å²) in [6, 6.07) is 5.01. The van der Waals surface area contributed by atoms with Gasteiger partial charge in [0, 0.05) is 6.61 Å². The van der Waals surface area contributed by atoms with Crippen molar-refractivity contribution < 1.29 is 13.5 Å². The van der Waals surface area contributed by atoms with E-state index < -0.39 is 10.0 Å². The maximum absolute atomic E-state index is 11.2. The molecule has 0 aromatic heterocycles. The quantitative estimate of drug-likeness (QED) is 0.792. The second-order valence-corrected chi connectivity index (χ2v) is 4.94. The van der Waals surface area contributed by atoms with E-state index in [0.29, 0.717) is 18.4 Å². The van der Waals surface area contributed by atoms with Crippen molar-refractivity contribution in [3.63, 3.8) is 0 Å². The second kappa shape index (κ2) is 4.74. The molecular formula is C10H15NO3S. The van der Waals surface area contributed by atoms with E-state index in [0.717, 1.165) is 5.56 Å². The normalized spacial score (nSPS) is 11.7. The molecule has 0 spiro atoms. The molecule has 0 saturated heterocycles. The predicted octanol–water partition coefficient (Wildman–Crippen LogP) is 0.567. The van der Waals surface area contributed by atoms with E-state index in [1.54, 1.807) is 13.0 Å². The first-order chi connectivity index (χ1) is 6.96. The summed E-state index contributed by atoms with van der Waals surface area (Å²) >= 11 is 0. The second-order valence-electron chi connectivity index (χ2n) is 3.41. The van der Waals surface area contributed by atoms with Gasteiger partial charge in [-0.3, -0.25) is 0 Å². The zero-order valence-corrected chi connectivity index (χ0v) is 9.42. The van der Waals surface area contributed by atoms with Crippen LogP contribution in [0.15, 0.2) is 23.1 Å². The molecule has 0 fully saturated rings. The van der Waals surface area contributed by atoms with Gasteiger partial charge in [0.2, 0.25) is 10.0 Å². The van der Waals surface area contributed by atoms with Crippen molar-refractivity contribution in [2.75, 3.05) is 6.61 Å². The fourth-order valence-corrected chi connectivity index (χ4v) is 2.33. The summed E-state index contributed by atoms with van der Waals surface area (Å²) < 4.78 is 22.4. The first-order valence-corrected chi connectivity index (χ1v) is 6.23. The monoisotopic (exact) mass is 229 g/mol. The molecule has 0 aliphatic carbocycles. The number of hydrogen-bond acceptors (Lipinski definition) is 3. The third-order valence-corrected chi connectivity index (χ3v) is 3.36. The Labute approximate surface area is 89.8 Å². The molecule has 0 bridgehead atoms. The van der Waals surface area contributed by atoms with Crippen molar-refractivity contribution >= 4 is 10.0 Å². The highest BCUT2D eigenvalue weighted by Crippen LogP contribution is 2.18. The SMILES string of the molecule is Cc1c(CCCO)cccc1S(N)(=O)=O. The molecule has 15 heavy (non-hydrogen) atoms. The van der Waals surface area contributed by atoms with Crippen LogP contribution in [0.4, 0.5) is 0 Å². The number of aliphatic hydroxyl groups excluding tert-OH is 1. The Hall–Kier alpha value is -0.910. The Balaban J connectivity index is 3.12. The average Bonchev–Trinajstić information content (AvgIpc) is 2.14. The zero-order valence-electron chi connectivity index (χ0n) is 8.60. The molecular weight excluding hydrogens is 214 g/mol. The lowest BCUT2D eigenvalue weighted by Crippen LogP contribution is -2.14. The van der Waals surface area contributed by atoms with Gasteiger partial charge in [0.25, 0.3) is 0 Å². The smallest absolute Gasteiger partial charge is 0.238 e. The number of primary sulfonamides is 1. The number of aliphatic hydroxyl groups is 1. The van der Waals surface area contributed by atoms with Crippen LogP contribution in [0.25, 0.3) is 0 Å². The van der Waals surface area contributed by atoms with Crippen molar-refractivity contribution in [2.45, 2.75) is 24.7 Å². The predicted molar refractivity (Wildman–Crippen MR) is 58.0 cm³/mol. The molecule has 0 radical (unpaired) electrons. The Morgan fingerprint density at radius 2 is 2.07 bits per heavy atom. The van der Waals surface area contributed by atoms with E-state index in [2.05, 4.69) is 0 Å². The summed E-state index contributed by atoms with van der Waals surface area (Å²) in [5.74, 6) is 0. The summed E-state index contributed by atoms with van der Waals surface area (Å²) in [5, 5.41) is 13.8. The van der Waals surface area contributed by atoms with E-state index in [1.165, 1.54) is 6.07 Å². The highest BCUT2D eigenvalue weighted by Gasteiger charge is 2.12. The Kier molecular flexibility index (Phi) is 3.84.